The van der Waals surface area contributed by atoms with Crippen LogP contribution in [-0.4, -0.2) is 31.9 Å². The topological polar surface area (TPSA) is 68.3 Å². The van der Waals surface area contributed by atoms with Crippen molar-refractivity contribution in [3.05, 3.63) is 16.1 Å². The van der Waals surface area contributed by atoms with E-state index in [0.717, 1.165) is 30.2 Å². The lowest BCUT2D eigenvalue weighted by atomic mass is 10.2. The molecule has 0 radical (unpaired) electrons. The van der Waals surface area contributed by atoms with Crippen molar-refractivity contribution in [3.63, 3.8) is 0 Å². The van der Waals surface area contributed by atoms with Gasteiger partial charge in [0, 0.05) is 17.9 Å². The smallest absolute Gasteiger partial charge is 0.212 e. The maximum Gasteiger partial charge on any atom is 0.212 e. The van der Waals surface area contributed by atoms with E-state index in [1.54, 1.807) is 11.3 Å². The van der Waals surface area contributed by atoms with Crippen LogP contribution in [0.2, 0.25) is 0 Å². The highest BCUT2D eigenvalue weighted by atomic mass is 32.2. The number of hydrogen-bond acceptors (Lipinski definition) is 5. The average molecular weight is 330 g/mol. The van der Waals surface area contributed by atoms with Crippen molar-refractivity contribution in [3.8, 4) is 0 Å². The molecule has 3 rings (SSSR count). The summed E-state index contributed by atoms with van der Waals surface area (Å²) in [5.74, 6) is 0.744. The lowest BCUT2D eigenvalue weighted by molar-refractivity contribution is 0.108. The standard InChI is InChI=1S/C14H22N2O3S2/c1-10(13-9-20-14(15-13)11-4-5-11)16-21(17,18)8-6-12-3-2-7-19-12/h9-12,16H,2-8H2,1H3/t10-,12-/m1/s1. The number of aromatic nitrogens is 1. The molecule has 7 heteroatoms. The fourth-order valence-electron chi connectivity index (χ4n) is 2.56. The van der Waals surface area contributed by atoms with Gasteiger partial charge in [-0.1, -0.05) is 0 Å². The molecule has 0 unspecified atom stereocenters. The highest BCUT2D eigenvalue weighted by Gasteiger charge is 2.28. The van der Waals surface area contributed by atoms with E-state index in [1.165, 1.54) is 12.8 Å². The van der Waals surface area contributed by atoms with Gasteiger partial charge in [-0.25, -0.2) is 18.1 Å². The normalized spacial score (nSPS) is 24.3. The second-order valence-corrected chi connectivity index (χ2v) is 8.73. The van der Waals surface area contributed by atoms with Crippen LogP contribution in [0.4, 0.5) is 0 Å². The molecule has 1 N–H and O–H groups in total. The highest BCUT2D eigenvalue weighted by Crippen LogP contribution is 2.41. The monoisotopic (exact) mass is 330 g/mol. The quantitative estimate of drug-likeness (QED) is 0.834. The van der Waals surface area contributed by atoms with Crippen LogP contribution in [0.15, 0.2) is 5.38 Å². The molecule has 1 aliphatic heterocycles. The molecular weight excluding hydrogens is 308 g/mol. The van der Waals surface area contributed by atoms with Gasteiger partial charge >= 0.3 is 0 Å². The highest BCUT2D eigenvalue weighted by molar-refractivity contribution is 7.89. The summed E-state index contributed by atoms with van der Waals surface area (Å²) in [6, 6.07) is -0.261. The third-order valence-electron chi connectivity index (χ3n) is 4.00. The van der Waals surface area contributed by atoms with Crippen molar-refractivity contribution >= 4 is 21.4 Å². The Kier molecular flexibility index (Phi) is 4.63. The number of ether oxygens (including phenoxy) is 1. The summed E-state index contributed by atoms with van der Waals surface area (Å²) in [6.07, 6.45) is 5.13. The van der Waals surface area contributed by atoms with Gasteiger partial charge in [0.1, 0.15) is 0 Å². The second-order valence-electron chi connectivity index (χ2n) is 5.97. The zero-order valence-electron chi connectivity index (χ0n) is 12.2. The first-order valence-electron chi connectivity index (χ1n) is 7.60. The van der Waals surface area contributed by atoms with E-state index < -0.39 is 10.0 Å². The summed E-state index contributed by atoms with van der Waals surface area (Å²) >= 11 is 1.64. The van der Waals surface area contributed by atoms with Crippen molar-refractivity contribution in [1.29, 1.82) is 0 Å². The number of sulfonamides is 1. The van der Waals surface area contributed by atoms with E-state index in [1.807, 2.05) is 12.3 Å². The Labute approximate surface area is 130 Å². The molecule has 21 heavy (non-hydrogen) atoms. The first-order chi connectivity index (χ1) is 10.0. The minimum Gasteiger partial charge on any atom is -0.378 e. The summed E-state index contributed by atoms with van der Waals surface area (Å²) in [5, 5.41) is 3.12. The van der Waals surface area contributed by atoms with Crippen molar-refractivity contribution in [1.82, 2.24) is 9.71 Å². The third-order valence-corrected chi connectivity index (χ3v) is 6.51. The SMILES string of the molecule is C[C@@H](NS(=O)(=O)CC[C@H]1CCCO1)c1csc(C2CC2)n1. The van der Waals surface area contributed by atoms with Crippen LogP contribution in [0.5, 0.6) is 0 Å². The van der Waals surface area contributed by atoms with Gasteiger partial charge in [0.15, 0.2) is 0 Å². The van der Waals surface area contributed by atoms with Crippen molar-refractivity contribution in [2.24, 2.45) is 0 Å². The molecule has 0 amide bonds. The van der Waals surface area contributed by atoms with Crippen LogP contribution >= 0.6 is 11.3 Å². The van der Waals surface area contributed by atoms with Gasteiger partial charge in [-0.3, -0.25) is 0 Å². The van der Waals surface area contributed by atoms with Gasteiger partial charge in [-0.2, -0.15) is 0 Å². The molecular formula is C14H22N2O3S2. The van der Waals surface area contributed by atoms with Crippen LogP contribution < -0.4 is 4.72 Å². The van der Waals surface area contributed by atoms with E-state index in [4.69, 9.17) is 4.74 Å². The third kappa shape index (κ3) is 4.25. The molecule has 1 saturated carbocycles. The molecule has 1 aromatic rings. The Morgan fingerprint density at radius 3 is 2.95 bits per heavy atom. The zero-order valence-corrected chi connectivity index (χ0v) is 13.9. The summed E-state index contributed by atoms with van der Waals surface area (Å²) in [5.41, 5.74) is 0.836. The fraction of sp³-hybridized carbons (Fsp3) is 0.786. The van der Waals surface area contributed by atoms with Gasteiger partial charge in [0.05, 0.1) is 28.6 Å². The lowest BCUT2D eigenvalue weighted by Gasteiger charge is -2.14. The predicted octanol–water partition coefficient (Wildman–Crippen LogP) is 2.57. The summed E-state index contributed by atoms with van der Waals surface area (Å²) in [7, 11) is -3.28. The summed E-state index contributed by atoms with van der Waals surface area (Å²) in [6.45, 7) is 2.62. The Hall–Kier alpha value is -0.500. The van der Waals surface area contributed by atoms with Crippen molar-refractivity contribution in [2.75, 3.05) is 12.4 Å². The molecule has 5 nitrogen and oxygen atoms in total. The van der Waals surface area contributed by atoms with Crippen LogP contribution in [0, 0.1) is 0 Å². The molecule has 2 aliphatic rings. The van der Waals surface area contributed by atoms with Gasteiger partial charge in [0.2, 0.25) is 10.0 Å². The predicted molar refractivity (Wildman–Crippen MR) is 83.0 cm³/mol. The largest absolute Gasteiger partial charge is 0.378 e. The molecule has 1 saturated heterocycles. The molecule has 0 bridgehead atoms. The average Bonchev–Trinajstić information content (AvgIpc) is 2.96. The molecule has 0 aromatic carbocycles. The first kappa shape index (κ1) is 15.4. The minimum atomic E-state index is -3.28. The molecule has 2 atom stereocenters. The molecule has 0 spiro atoms. The maximum absolute atomic E-state index is 12.1. The molecule has 1 aromatic heterocycles. The molecule has 2 heterocycles. The first-order valence-corrected chi connectivity index (χ1v) is 10.1. The fourth-order valence-corrected chi connectivity index (χ4v) is 5.00. The van der Waals surface area contributed by atoms with Gasteiger partial charge in [-0.05, 0) is 39.0 Å². The Morgan fingerprint density at radius 2 is 2.29 bits per heavy atom. The van der Waals surface area contributed by atoms with Crippen LogP contribution in [0.25, 0.3) is 0 Å². The Balaban J connectivity index is 1.52. The zero-order chi connectivity index (χ0) is 14.9. The number of thiazole rings is 1. The second kappa shape index (κ2) is 6.32. The Morgan fingerprint density at radius 1 is 1.48 bits per heavy atom. The van der Waals surface area contributed by atoms with Gasteiger partial charge < -0.3 is 4.74 Å². The van der Waals surface area contributed by atoms with E-state index in [0.29, 0.717) is 12.3 Å². The minimum absolute atomic E-state index is 0.109. The van der Waals surface area contributed by atoms with E-state index in [-0.39, 0.29) is 17.9 Å². The van der Waals surface area contributed by atoms with Crippen LogP contribution in [-0.2, 0) is 14.8 Å². The lowest BCUT2D eigenvalue weighted by Crippen LogP contribution is -2.30. The van der Waals surface area contributed by atoms with Crippen molar-refractivity contribution < 1.29 is 13.2 Å². The number of nitrogens with one attached hydrogen (secondary N) is 1. The van der Waals surface area contributed by atoms with E-state index in [2.05, 4.69) is 9.71 Å². The molecule has 1 aliphatic carbocycles. The van der Waals surface area contributed by atoms with E-state index >= 15 is 0 Å². The van der Waals surface area contributed by atoms with Gasteiger partial charge in [-0.15, -0.1) is 11.3 Å². The molecule has 118 valence electrons. The summed E-state index contributed by atoms with van der Waals surface area (Å²) in [4.78, 5) is 4.56. The number of hydrogen-bond donors (Lipinski definition) is 1. The summed E-state index contributed by atoms with van der Waals surface area (Å²) < 4.78 is 32.5. The number of rotatable bonds is 7. The van der Waals surface area contributed by atoms with E-state index in [9.17, 15) is 8.42 Å². The Bertz CT molecular complexity index is 575. The van der Waals surface area contributed by atoms with Crippen LogP contribution in [0.3, 0.4) is 0 Å². The van der Waals surface area contributed by atoms with Gasteiger partial charge in [0.25, 0.3) is 0 Å². The maximum atomic E-state index is 12.1. The van der Waals surface area contributed by atoms with Crippen molar-refractivity contribution in [2.45, 2.75) is 57.1 Å². The number of nitrogens with zero attached hydrogens (tertiary/aromatic N) is 1. The van der Waals surface area contributed by atoms with Crippen LogP contribution in [0.1, 0.15) is 61.7 Å². The molecule has 2 fully saturated rings.